The zero-order chi connectivity index (χ0) is 19.5. The van der Waals surface area contributed by atoms with Crippen molar-refractivity contribution in [3.8, 4) is 11.5 Å². The van der Waals surface area contributed by atoms with Crippen LogP contribution in [0.3, 0.4) is 0 Å². The van der Waals surface area contributed by atoms with Crippen LogP contribution in [0.4, 0.5) is 26.1 Å². The van der Waals surface area contributed by atoms with E-state index in [1.807, 2.05) is 0 Å². The molecule has 1 aliphatic rings. The number of halogens is 2. The second-order valence-corrected chi connectivity index (χ2v) is 5.86. The summed E-state index contributed by atoms with van der Waals surface area (Å²) in [6.07, 6.45) is 2.59. The van der Waals surface area contributed by atoms with Crippen molar-refractivity contribution in [2.45, 2.75) is 0 Å². The summed E-state index contributed by atoms with van der Waals surface area (Å²) in [5.41, 5.74) is 0.677. The Morgan fingerprint density at radius 1 is 0.964 bits per heavy atom. The van der Waals surface area contributed by atoms with Gasteiger partial charge in [0.1, 0.15) is 24.8 Å². The molecular weight excluding hydrogens is 370 g/mol. The lowest BCUT2D eigenvalue weighted by atomic mass is 10.2. The number of hydrogen-bond acceptors (Lipinski definition) is 6. The van der Waals surface area contributed by atoms with Crippen molar-refractivity contribution in [1.29, 1.82) is 0 Å². The number of nitrogens with zero attached hydrogens (tertiary/aromatic N) is 2. The molecule has 2 aromatic carbocycles. The minimum Gasteiger partial charge on any atom is -0.486 e. The molecule has 7 nitrogen and oxygen atoms in total. The quantitative estimate of drug-likeness (QED) is 0.716. The molecule has 0 atom stereocenters. The molecule has 142 valence electrons. The molecule has 0 radical (unpaired) electrons. The summed E-state index contributed by atoms with van der Waals surface area (Å²) in [5.74, 6) is -0.663. The molecule has 2 N–H and O–H groups in total. The summed E-state index contributed by atoms with van der Waals surface area (Å²) in [6.45, 7) is 0.986. The van der Waals surface area contributed by atoms with Gasteiger partial charge in [-0.2, -0.15) is 0 Å². The third kappa shape index (κ3) is 3.83. The second kappa shape index (κ2) is 7.47. The lowest BCUT2D eigenvalue weighted by molar-refractivity contribution is 0.102. The Labute approximate surface area is 158 Å². The van der Waals surface area contributed by atoms with Crippen LogP contribution in [0.2, 0.25) is 0 Å². The van der Waals surface area contributed by atoms with E-state index in [1.54, 1.807) is 18.2 Å². The fourth-order valence-electron chi connectivity index (χ4n) is 2.55. The van der Waals surface area contributed by atoms with Crippen LogP contribution < -0.4 is 20.1 Å². The molecule has 1 aromatic heterocycles. The third-order valence-corrected chi connectivity index (χ3v) is 3.89. The van der Waals surface area contributed by atoms with Gasteiger partial charge in [-0.1, -0.05) is 0 Å². The topological polar surface area (TPSA) is 85.4 Å². The third-order valence-electron chi connectivity index (χ3n) is 3.89. The maximum Gasteiger partial charge on any atom is 0.258 e. The summed E-state index contributed by atoms with van der Waals surface area (Å²) in [7, 11) is 0. The van der Waals surface area contributed by atoms with Gasteiger partial charge in [-0.05, 0) is 24.3 Å². The minimum atomic E-state index is -0.869. The Kier molecular flexibility index (Phi) is 4.71. The number of anilines is 3. The average Bonchev–Trinajstić information content (AvgIpc) is 2.70. The Balaban J connectivity index is 1.44. The summed E-state index contributed by atoms with van der Waals surface area (Å²) in [5, 5.41) is 5.34. The van der Waals surface area contributed by atoms with Crippen molar-refractivity contribution in [3.63, 3.8) is 0 Å². The fraction of sp³-hybridized carbons (Fsp3) is 0.105. The molecule has 0 saturated carbocycles. The number of hydrogen-bond donors (Lipinski definition) is 2. The van der Waals surface area contributed by atoms with Crippen LogP contribution in [0.25, 0.3) is 0 Å². The number of carbonyl (C=O) groups is 1. The van der Waals surface area contributed by atoms with Gasteiger partial charge in [0, 0.05) is 30.2 Å². The molecule has 2 heterocycles. The molecule has 28 heavy (non-hydrogen) atoms. The highest BCUT2D eigenvalue weighted by atomic mass is 19.1. The molecule has 0 unspecified atom stereocenters. The molecule has 1 aliphatic heterocycles. The van der Waals surface area contributed by atoms with Gasteiger partial charge in [0.15, 0.2) is 11.5 Å². The number of aromatic nitrogens is 2. The van der Waals surface area contributed by atoms with Crippen molar-refractivity contribution in [3.05, 3.63) is 66.0 Å². The van der Waals surface area contributed by atoms with E-state index in [4.69, 9.17) is 9.47 Å². The first-order valence-electron chi connectivity index (χ1n) is 8.33. The minimum absolute atomic E-state index is 0.122. The highest BCUT2D eigenvalue weighted by Crippen LogP contribution is 2.33. The number of benzene rings is 2. The van der Waals surface area contributed by atoms with Crippen LogP contribution in [0.5, 0.6) is 11.5 Å². The van der Waals surface area contributed by atoms with Crippen molar-refractivity contribution < 1.29 is 23.0 Å². The lowest BCUT2D eigenvalue weighted by Crippen LogP contribution is -2.15. The largest absolute Gasteiger partial charge is 0.486 e. The van der Waals surface area contributed by atoms with E-state index in [0.717, 1.165) is 12.1 Å². The normalized spacial score (nSPS) is 12.4. The molecular formula is C19H14F2N4O3. The van der Waals surface area contributed by atoms with Gasteiger partial charge < -0.3 is 20.1 Å². The van der Waals surface area contributed by atoms with E-state index in [-0.39, 0.29) is 17.2 Å². The summed E-state index contributed by atoms with van der Waals surface area (Å²) < 4.78 is 37.5. The van der Waals surface area contributed by atoms with Crippen LogP contribution in [0.15, 0.2) is 48.8 Å². The Hall–Kier alpha value is -3.75. The average molecular weight is 384 g/mol. The summed E-state index contributed by atoms with van der Waals surface area (Å²) in [4.78, 5) is 20.3. The number of fused-ring (bicyclic) bond motifs is 1. The van der Waals surface area contributed by atoms with Crippen molar-refractivity contribution in [1.82, 2.24) is 9.97 Å². The number of rotatable bonds is 4. The lowest BCUT2D eigenvalue weighted by Gasteiger charge is -2.18. The van der Waals surface area contributed by atoms with Gasteiger partial charge in [-0.15, -0.1) is 0 Å². The monoisotopic (exact) mass is 384 g/mol. The molecule has 1 amide bonds. The molecule has 0 spiro atoms. The van der Waals surface area contributed by atoms with E-state index in [2.05, 4.69) is 20.6 Å². The molecule has 3 aromatic rings. The fourth-order valence-corrected chi connectivity index (χ4v) is 2.55. The van der Waals surface area contributed by atoms with Crippen LogP contribution in [-0.2, 0) is 0 Å². The number of amides is 1. The van der Waals surface area contributed by atoms with E-state index >= 15 is 0 Å². The Morgan fingerprint density at radius 3 is 2.46 bits per heavy atom. The molecule has 0 bridgehead atoms. The molecule has 9 heteroatoms. The van der Waals surface area contributed by atoms with Gasteiger partial charge in [0.2, 0.25) is 5.95 Å². The van der Waals surface area contributed by atoms with Gasteiger partial charge in [-0.25, -0.2) is 18.7 Å². The first-order chi connectivity index (χ1) is 13.6. The number of ether oxygens (including phenoxy) is 2. The zero-order valence-electron chi connectivity index (χ0n) is 14.4. The SMILES string of the molecule is O=C(Nc1ccc(F)cc1F)c1cnc(Nc2ccc3c(c2)OCCO3)nc1. The van der Waals surface area contributed by atoms with Crippen LogP contribution in [0.1, 0.15) is 10.4 Å². The Bertz CT molecular complexity index is 1030. The maximum absolute atomic E-state index is 13.6. The van der Waals surface area contributed by atoms with E-state index in [9.17, 15) is 13.6 Å². The molecule has 0 aliphatic carbocycles. The van der Waals surface area contributed by atoms with Crippen molar-refractivity contribution >= 4 is 23.2 Å². The smallest absolute Gasteiger partial charge is 0.258 e. The predicted molar refractivity (Wildman–Crippen MR) is 97.1 cm³/mol. The first-order valence-corrected chi connectivity index (χ1v) is 8.33. The van der Waals surface area contributed by atoms with Gasteiger partial charge in [0.05, 0.1) is 11.3 Å². The van der Waals surface area contributed by atoms with Gasteiger partial charge in [0.25, 0.3) is 5.91 Å². The van der Waals surface area contributed by atoms with E-state index in [1.165, 1.54) is 12.4 Å². The highest BCUT2D eigenvalue weighted by molar-refractivity contribution is 6.03. The zero-order valence-corrected chi connectivity index (χ0v) is 14.4. The van der Waals surface area contributed by atoms with Crippen LogP contribution in [-0.4, -0.2) is 29.1 Å². The van der Waals surface area contributed by atoms with Crippen LogP contribution in [0, 0.1) is 11.6 Å². The maximum atomic E-state index is 13.6. The molecule has 0 fully saturated rings. The predicted octanol–water partition coefficient (Wildman–Crippen LogP) is 3.52. The van der Waals surface area contributed by atoms with Crippen LogP contribution >= 0.6 is 0 Å². The first kappa shape index (κ1) is 17.7. The molecule has 0 saturated heterocycles. The summed E-state index contributed by atoms with van der Waals surface area (Å²) >= 11 is 0. The van der Waals surface area contributed by atoms with E-state index < -0.39 is 17.5 Å². The van der Waals surface area contributed by atoms with Gasteiger partial charge >= 0.3 is 0 Å². The summed E-state index contributed by atoms with van der Waals surface area (Å²) in [6, 6.07) is 8.20. The van der Waals surface area contributed by atoms with Crippen molar-refractivity contribution in [2.24, 2.45) is 0 Å². The number of nitrogens with one attached hydrogen (secondary N) is 2. The highest BCUT2D eigenvalue weighted by Gasteiger charge is 2.13. The van der Waals surface area contributed by atoms with E-state index in [0.29, 0.717) is 36.5 Å². The Morgan fingerprint density at radius 2 is 1.71 bits per heavy atom. The number of carbonyl (C=O) groups excluding carboxylic acids is 1. The van der Waals surface area contributed by atoms with Gasteiger partial charge in [-0.3, -0.25) is 4.79 Å². The molecule has 4 rings (SSSR count). The van der Waals surface area contributed by atoms with Crippen molar-refractivity contribution in [2.75, 3.05) is 23.8 Å². The second-order valence-electron chi connectivity index (χ2n) is 5.86. The standard InChI is InChI=1S/C19H14F2N4O3/c20-12-1-3-15(14(21)7-12)25-18(26)11-9-22-19(23-10-11)24-13-2-4-16-17(8-13)28-6-5-27-16/h1-4,7-10H,5-6H2,(H,25,26)(H,22,23,24).